The van der Waals surface area contributed by atoms with Gasteiger partial charge in [0, 0.05) is 10.4 Å². The van der Waals surface area contributed by atoms with E-state index in [1.807, 2.05) is 30.3 Å². The minimum Gasteiger partial charge on any atom is -0.465 e. The number of esters is 2. The van der Waals surface area contributed by atoms with Gasteiger partial charge in [-0.1, -0.05) is 30.3 Å². The first-order valence-electron chi connectivity index (χ1n) is 8.30. The quantitative estimate of drug-likeness (QED) is 0.654. The minimum absolute atomic E-state index is 0.306. The molecule has 0 radical (unpaired) electrons. The van der Waals surface area contributed by atoms with Gasteiger partial charge in [-0.05, 0) is 35.9 Å². The summed E-state index contributed by atoms with van der Waals surface area (Å²) in [5.41, 5.74) is 1.99. The SMILES string of the molecule is COC(=O)c1ccc(C(=O)Nc2cc(-c3ccccc3)sc2C(=O)OC)cc1. The lowest BCUT2D eigenvalue weighted by Crippen LogP contribution is -2.14. The van der Waals surface area contributed by atoms with Crippen LogP contribution in [0.25, 0.3) is 10.4 Å². The Bertz CT molecular complexity index is 1010. The maximum Gasteiger partial charge on any atom is 0.350 e. The predicted octanol–water partition coefficient (Wildman–Crippen LogP) is 4.24. The Morgan fingerprint density at radius 3 is 2.04 bits per heavy atom. The predicted molar refractivity (Wildman–Crippen MR) is 107 cm³/mol. The molecular formula is C21H17NO5S. The number of amides is 1. The zero-order chi connectivity index (χ0) is 20.1. The fraction of sp³-hybridized carbons (Fsp3) is 0.0952. The molecule has 1 N–H and O–H groups in total. The van der Waals surface area contributed by atoms with Crippen LogP contribution in [0.2, 0.25) is 0 Å². The fourth-order valence-corrected chi connectivity index (χ4v) is 3.58. The topological polar surface area (TPSA) is 81.7 Å². The van der Waals surface area contributed by atoms with E-state index in [1.165, 1.54) is 49.8 Å². The molecule has 28 heavy (non-hydrogen) atoms. The Balaban J connectivity index is 1.88. The van der Waals surface area contributed by atoms with E-state index in [9.17, 15) is 14.4 Å². The molecule has 0 saturated carbocycles. The summed E-state index contributed by atoms with van der Waals surface area (Å²) < 4.78 is 9.48. The molecule has 0 bridgehead atoms. The van der Waals surface area contributed by atoms with Crippen LogP contribution in [0.3, 0.4) is 0 Å². The maximum absolute atomic E-state index is 12.6. The Morgan fingerprint density at radius 1 is 0.821 bits per heavy atom. The Labute approximate surface area is 165 Å². The molecule has 0 unspecified atom stereocenters. The number of hydrogen-bond donors (Lipinski definition) is 1. The highest BCUT2D eigenvalue weighted by Gasteiger charge is 2.20. The number of carbonyl (C=O) groups excluding carboxylic acids is 3. The number of methoxy groups -OCH3 is 2. The van der Waals surface area contributed by atoms with Crippen molar-refractivity contribution in [2.24, 2.45) is 0 Å². The number of nitrogens with one attached hydrogen (secondary N) is 1. The number of benzene rings is 2. The van der Waals surface area contributed by atoms with Crippen LogP contribution in [-0.2, 0) is 9.47 Å². The lowest BCUT2D eigenvalue weighted by molar-refractivity contribution is 0.0594. The number of ether oxygens (including phenoxy) is 2. The van der Waals surface area contributed by atoms with E-state index in [-0.39, 0.29) is 0 Å². The largest absolute Gasteiger partial charge is 0.465 e. The average molecular weight is 395 g/mol. The van der Waals surface area contributed by atoms with E-state index in [0.717, 1.165) is 10.4 Å². The molecule has 0 atom stereocenters. The van der Waals surface area contributed by atoms with Crippen LogP contribution in [0.15, 0.2) is 60.7 Å². The molecule has 2 aromatic carbocycles. The summed E-state index contributed by atoms with van der Waals surface area (Å²) in [5.74, 6) is -1.41. The van der Waals surface area contributed by atoms with Gasteiger partial charge in [0.1, 0.15) is 4.88 Å². The minimum atomic E-state index is -0.525. The first-order valence-corrected chi connectivity index (χ1v) is 9.12. The second-order valence-electron chi connectivity index (χ2n) is 5.73. The normalized spacial score (nSPS) is 10.2. The van der Waals surface area contributed by atoms with E-state index in [4.69, 9.17) is 4.74 Å². The third kappa shape index (κ3) is 4.10. The van der Waals surface area contributed by atoms with Crippen molar-refractivity contribution in [3.05, 3.63) is 76.7 Å². The van der Waals surface area contributed by atoms with Crippen molar-refractivity contribution >= 4 is 34.9 Å². The lowest BCUT2D eigenvalue weighted by Gasteiger charge is -2.06. The highest BCUT2D eigenvalue weighted by atomic mass is 32.1. The summed E-state index contributed by atoms with van der Waals surface area (Å²) in [6.07, 6.45) is 0. The van der Waals surface area contributed by atoms with Crippen LogP contribution >= 0.6 is 11.3 Å². The third-order valence-corrected chi connectivity index (χ3v) is 5.14. The number of thiophene rings is 1. The molecule has 1 amide bonds. The van der Waals surface area contributed by atoms with E-state index < -0.39 is 17.8 Å². The summed E-state index contributed by atoms with van der Waals surface area (Å²) in [6, 6.07) is 17.3. The first kappa shape index (κ1) is 19.3. The van der Waals surface area contributed by atoms with Gasteiger partial charge in [-0.2, -0.15) is 0 Å². The monoisotopic (exact) mass is 395 g/mol. The molecule has 0 aliphatic heterocycles. The summed E-state index contributed by atoms with van der Waals surface area (Å²) in [5, 5.41) is 2.75. The van der Waals surface area contributed by atoms with Crippen LogP contribution in [0.4, 0.5) is 5.69 Å². The van der Waals surface area contributed by atoms with Gasteiger partial charge < -0.3 is 14.8 Å². The Kier molecular flexibility index (Phi) is 5.86. The van der Waals surface area contributed by atoms with Gasteiger partial charge in [0.05, 0.1) is 25.5 Å². The van der Waals surface area contributed by atoms with E-state index in [0.29, 0.717) is 21.7 Å². The molecule has 3 aromatic rings. The average Bonchev–Trinajstić information content (AvgIpc) is 3.17. The van der Waals surface area contributed by atoms with Gasteiger partial charge in [0.25, 0.3) is 5.91 Å². The van der Waals surface area contributed by atoms with Gasteiger partial charge in [0.2, 0.25) is 0 Å². The molecule has 1 aromatic heterocycles. The molecule has 1 heterocycles. The number of hydrogen-bond acceptors (Lipinski definition) is 6. The summed E-state index contributed by atoms with van der Waals surface area (Å²) >= 11 is 1.24. The Morgan fingerprint density at radius 2 is 1.43 bits per heavy atom. The molecule has 0 saturated heterocycles. The molecule has 142 valence electrons. The molecule has 0 aliphatic rings. The van der Waals surface area contributed by atoms with Crippen molar-refractivity contribution in [3.63, 3.8) is 0 Å². The number of rotatable bonds is 5. The van der Waals surface area contributed by atoms with Crippen molar-refractivity contribution in [2.45, 2.75) is 0 Å². The maximum atomic E-state index is 12.6. The van der Waals surface area contributed by atoms with Crippen LogP contribution in [0.1, 0.15) is 30.4 Å². The number of anilines is 1. The fourth-order valence-electron chi connectivity index (χ4n) is 2.54. The second kappa shape index (κ2) is 8.49. The van der Waals surface area contributed by atoms with Crippen LogP contribution in [0.5, 0.6) is 0 Å². The van der Waals surface area contributed by atoms with E-state index in [1.54, 1.807) is 6.07 Å². The number of carbonyl (C=O) groups is 3. The van der Waals surface area contributed by atoms with Gasteiger partial charge >= 0.3 is 11.9 Å². The summed E-state index contributed by atoms with van der Waals surface area (Å²) in [4.78, 5) is 37.4. The van der Waals surface area contributed by atoms with Crippen molar-refractivity contribution in [1.29, 1.82) is 0 Å². The van der Waals surface area contributed by atoms with Crippen molar-refractivity contribution < 1.29 is 23.9 Å². The zero-order valence-corrected chi connectivity index (χ0v) is 16.0. The lowest BCUT2D eigenvalue weighted by atomic mass is 10.1. The van der Waals surface area contributed by atoms with Crippen LogP contribution in [-0.4, -0.2) is 32.1 Å². The Hall–Kier alpha value is -3.45. The summed E-state index contributed by atoms with van der Waals surface area (Å²) in [6.45, 7) is 0. The standard InChI is InChI=1S/C21H17NO5S/c1-26-20(24)15-10-8-14(9-11-15)19(23)22-16-12-17(13-6-4-3-5-7-13)28-18(16)21(25)27-2/h3-12H,1-2H3,(H,22,23). The zero-order valence-electron chi connectivity index (χ0n) is 15.2. The van der Waals surface area contributed by atoms with Crippen molar-refractivity contribution in [3.8, 4) is 10.4 Å². The second-order valence-corrected chi connectivity index (χ2v) is 6.79. The van der Waals surface area contributed by atoms with Gasteiger partial charge in [-0.3, -0.25) is 4.79 Å². The molecule has 7 heteroatoms. The van der Waals surface area contributed by atoms with Gasteiger partial charge in [-0.25, -0.2) is 9.59 Å². The van der Waals surface area contributed by atoms with Crippen molar-refractivity contribution in [2.75, 3.05) is 19.5 Å². The molecule has 0 fully saturated rings. The van der Waals surface area contributed by atoms with Crippen LogP contribution < -0.4 is 5.32 Å². The summed E-state index contributed by atoms with van der Waals surface area (Å²) in [7, 11) is 2.58. The van der Waals surface area contributed by atoms with Gasteiger partial charge in [0.15, 0.2) is 0 Å². The smallest absolute Gasteiger partial charge is 0.350 e. The first-order chi connectivity index (χ1) is 13.5. The molecule has 6 nitrogen and oxygen atoms in total. The van der Waals surface area contributed by atoms with E-state index in [2.05, 4.69) is 10.1 Å². The van der Waals surface area contributed by atoms with Gasteiger partial charge in [-0.15, -0.1) is 11.3 Å². The third-order valence-electron chi connectivity index (χ3n) is 3.98. The molecule has 0 aliphatic carbocycles. The highest BCUT2D eigenvalue weighted by molar-refractivity contribution is 7.18. The molecule has 0 spiro atoms. The molecular weight excluding hydrogens is 378 g/mol. The van der Waals surface area contributed by atoms with Crippen LogP contribution in [0, 0.1) is 0 Å². The van der Waals surface area contributed by atoms with Crippen molar-refractivity contribution in [1.82, 2.24) is 0 Å². The highest BCUT2D eigenvalue weighted by Crippen LogP contribution is 2.35. The molecule has 3 rings (SSSR count). The van der Waals surface area contributed by atoms with E-state index >= 15 is 0 Å².